The Bertz CT molecular complexity index is 1790. The van der Waals surface area contributed by atoms with Crippen LogP contribution in [-0.2, 0) is 18.4 Å². The molecule has 14 nitrogen and oxygen atoms in total. The van der Waals surface area contributed by atoms with Crippen molar-refractivity contribution < 1.29 is 23.9 Å². The lowest BCUT2D eigenvalue weighted by Crippen LogP contribution is -2.50. The van der Waals surface area contributed by atoms with E-state index in [2.05, 4.69) is 25.7 Å². The van der Waals surface area contributed by atoms with Gasteiger partial charge in [0.15, 0.2) is 5.58 Å². The normalized spacial score (nSPS) is 22.0. The van der Waals surface area contributed by atoms with Gasteiger partial charge in [-0.25, -0.2) is 24.2 Å². The highest BCUT2D eigenvalue weighted by Gasteiger charge is 2.52. The van der Waals surface area contributed by atoms with E-state index in [1.54, 1.807) is 25.2 Å². The first-order valence-electron chi connectivity index (χ1n) is 13.0. The van der Waals surface area contributed by atoms with Crippen molar-refractivity contribution in [2.75, 3.05) is 6.54 Å². The molecule has 3 heterocycles. The second-order valence-electron chi connectivity index (χ2n) is 10.9. The summed E-state index contributed by atoms with van der Waals surface area (Å²) in [4.78, 5) is 69.6. The van der Waals surface area contributed by atoms with E-state index in [9.17, 15) is 29.1 Å². The van der Waals surface area contributed by atoms with Crippen LogP contribution in [0.3, 0.4) is 0 Å². The SMILES string of the molecule is Cn1c(=O)oc2ccc(CNC(=O)c3cc(C(=O)NCC45CCC(C(=O)O)(CC4)CC5)n4[nH]c(=O)nc4n3)cc21. The maximum absolute atomic E-state index is 13.3. The zero-order chi connectivity index (χ0) is 28.2. The second-order valence-corrected chi connectivity index (χ2v) is 10.9. The molecule has 40 heavy (non-hydrogen) atoms. The number of amides is 2. The van der Waals surface area contributed by atoms with E-state index in [4.69, 9.17) is 4.42 Å². The lowest BCUT2D eigenvalue weighted by atomic mass is 9.53. The van der Waals surface area contributed by atoms with Gasteiger partial charge in [0, 0.05) is 26.2 Å². The average Bonchev–Trinajstić information content (AvgIpc) is 3.48. The van der Waals surface area contributed by atoms with Crippen LogP contribution in [0.4, 0.5) is 0 Å². The van der Waals surface area contributed by atoms with Crippen molar-refractivity contribution in [2.45, 2.75) is 45.1 Å². The average molecular weight is 550 g/mol. The van der Waals surface area contributed by atoms with E-state index in [0.29, 0.717) is 61.7 Å². The number of nitrogens with zero attached hydrogens (tertiary/aromatic N) is 4. The Morgan fingerprint density at radius 2 is 1.75 bits per heavy atom. The first-order valence-corrected chi connectivity index (χ1v) is 13.0. The van der Waals surface area contributed by atoms with Crippen LogP contribution in [0.15, 0.2) is 38.3 Å². The Balaban J connectivity index is 1.19. The summed E-state index contributed by atoms with van der Waals surface area (Å²) in [5.74, 6) is -2.47. The van der Waals surface area contributed by atoms with Crippen LogP contribution in [0.1, 0.15) is 65.1 Å². The maximum atomic E-state index is 13.3. The number of carbonyl (C=O) groups excluding carboxylic acids is 2. The minimum absolute atomic E-state index is 0.0116. The van der Waals surface area contributed by atoms with Crippen molar-refractivity contribution in [3.05, 3.63) is 62.3 Å². The van der Waals surface area contributed by atoms with Gasteiger partial charge in [0.25, 0.3) is 17.6 Å². The first-order chi connectivity index (χ1) is 19.1. The Kier molecular flexibility index (Phi) is 5.85. The van der Waals surface area contributed by atoms with Crippen LogP contribution in [0, 0.1) is 10.8 Å². The quantitative estimate of drug-likeness (QED) is 0.260. The highest BCUT2D eigenvalue weighted by molar-refractivity contribution is 5.98. The Morgan fingerprint density at radius 3 is 2.45 bits per heavy atom. The number of aryl methyl sites for hydroxylation is 1. The molecule has 0 radical (unpaired) electrons. The number of carboxylic acid groups (broad SMARTS) is 1. The molecule has 0 aliphatic heterocycles. The molecule has 3 fully saturated rings. The van der Waals surface area contributed by atoms with Crippen LogP contribution in [0.5, 0.6) is 0 Å². The highest BCUT2D eigenvalue weighted by atomic mass is 16.4. The fourth-order valence-corrected chi connectivity index (χ4v) is 5.93. The minimum atomic E-state index is -0.744. The van der Waals surface area contributed by atoms with E-state index < -0.39 is 34.6 Å². The molecule has 0 saturated heterocycles. The summed E-state index contributed by atoms with van der Waals surface area (Å²) in [5.41, 5.74) is 0.0472. The third-order valence-electron chi connectivity index (χ3n) is 8.60. The van der Waals surface area contributed by atoms with E-state index in [1.165, 1.54) is 10.6 Å². The lowest BCUT2D eigenvalue weighted by molar-refractivity contribution is -0.158. The van der Waals surface area contributed by atoms with E-state index >= 15 is 0 Å². The van der Waals surface area contributed by atoms with Gasteiger partial charge in [0.1, 0.15) is 11.4 Å². The zero-order valence-corrected chi connectivity index (χ0v) is 21.7. The molecule has 4 aromatic rings. The minimum Gasteiger partial charge on any atom is -0.481 e. The number of carboxylic acids is 1. The standard InChI is InChI=1S/C26H27N7O7/c1-32-16-10-14(2-3-18(16)40-24(32)39)12-27-19(34)15-11-17(33-22(29-15)30-23(38)31-33)20(35)28-13-25-4-7-26(8-5-25,9-6-25)21(36)37/h2-3,10-11H,4-9,12-13H2,1H3,(H,27,34)(H,28,35)(H,31,38)(H,36,37). The Morgan fingerprint density at radius 1 is 1.02 bits per heavy atom. The van der Waals surface area contributed by atoms with Crippen LogP contribution < -0.4 is 22.1 Å². The van der Waals surface area contributed by atoms with Gasteiger partial charge < -0.3 is 20.2 Å². The summed E-state index contributed by atoms with van der Waals surface area (Å²) in [6.07, 6.45) is 3.88. The van der Waals surface area contributed by atoms with E-state index in [-0.39, 0.29) is 29.1 Å². The molecule has 3 aliphatic rings. The fraction of sp³-hybridized carbons (Fsp3) is 0.423. The fourth-order valence-electron chi connectivity index (χ4n) is 5.93. The van der Waals surface area contributed by atoms with Crippen molar-refractivity contribution in [3.63, 3.8) is 0 Å². The Labute approximate surface area is 225 Å². The summed E-state index contributed by atoms with van der Waals surface area (Å²) < 4.78 is 7.62. The van der Waals surface area contributed by atoms with Crippen molar-refractivity contribution in [2.24, 2.45) is 17.9 Å². The molecule has 14 heteroatoms. The molecule has 4 N–H and O–H groups in total. The molecule has 3 saturated carbocycles. The smallest absolute Gasteiger partial charge is 0.419 e. The number of H-pyrrole nitrogens is 1. The number of carbonyl (C=O) groups is 3. The lowest BCUT2D eigenvalue weighted by Gasteiger charge is -2.51. The molecule has 1 aromatic carbocycles. The maximum Gasteiger partial charge on any atom is 0.419 e. The third kappa shape index (κ3) is 4.25. The van der Waals surface area contributed by atoms with E-state index in [0.717, 1.165) is 4.52 Å². The van der Waals surface area contributed by atoms with Gasteiger partial charge in [-0.05, 0) is 61.6 Å². The van der Waals surface area contributed by atoms with Gasteiger partial charge in [-0.1, -0.05) is 6.07 Å². The summed E-state index contributed by atoms with van der Waals surface area (Å²) >= 11 is 0. The number of fused-ring (bicyclic) bond motifs is 5. The van der Waals surface area contributed by atoms with Gasteiger partial charge in [0.2, 0.25) is 0 Å². The number of hydrogen-bond donors (Lipinski definition) is 4. The van der Waals surface area contributed by atoms with Crippen molar-refractivity contribution >= 4 is 34.7 Å². The molecule has 2 bridgehead atoms. The topological polar surface area (TPSA) is 194 Å². The molecule has 208 valence electrons. The number of hydrogen-bond acceptors (Lipinski definition) is 8. The number of rotatable bonds is 7. The first kappa shape index (κ1) is 25.5. The number of benzene rings is 1. The summed E-state index contributed by atoms with van der Waals surface area (Å²) in [6.45, 7) is 0.459. The van der Waals surface area contributed by atoms with Crippen LogP contribution in [0.2, 0.25) is 0 Å². The number of aromatic nitrogens is 5. The van der Waals surface area contributed by atoms with Gasteiger partial charge in [-0.2, -0.15) is 4.98 Å². The van der Waals surface area contributed by atoms with Crippen molar-refractivity contribution in [3.8, 4) is 0 Å². The molecule has 0 unspecified atom stereocenters. The predicted molar refractivity (Wildman–Crippen MR) is 139 cm³/mol. The second kappa shape index (κ2) is 9.17. The number of aromatic amines is 1. The van der Waals surface area contributed by atoms with Gasteiger partial charge in [-0.15, -0.1) is 0 Å². The number of aliphatic carboxylic acids is 1. The summed E-state index contributed by atoms with van der Waals surface area (Å²) in [6, 6.07) is 6.36. The monoisotopic (exact) mass is 549 g/mol. The molecule has 0 atom stereocenters. The van der Waals surface area contributed by atoms with Crippen LogP contribution in [-0.4, -0.2) is 53.6 Å². The zero-order valence-electron chi connectivity index (χ0n) is 21.7. The van der Waals surface area contributed by atoms with Gasteiger partial charge in [-0.3, -0.25) is 19.0 Å². The number of nitrogens with one attached hydrogen (secondary N) is 3. The van der Waals surface area contributed by atoms with E-state index in [1.807, 2.05) is 0 Å². The predicted octanol–water partition coefficient (Wildman–Crippen LogP) is 0.948. The molecule has 0 spiro atoms. The highest BCUT2D eigenvalue weighted by Crippen LogP contribution is 2.56. The molecule has 3 aromatic heterocycles. The number of oxazole rings is 1. The largest absolute Gasteiger partial charge is 0.481 e. The molecule has 2 amide bonds. The third-order valence-corrected chi connectivity index (χ3v) is 8.60. The molecule has 7 rings (SSSR count). The molecular formula is C26H27N7O7. The molecular weight excluding hydrogens is 522 g/mol. The van der Waals surface area contributed by atoms with Crippen LogP contribution in [0.25, 0.3) is 16.9 Å². The van der Waals surface area contributed by atoms with Crippen LogP contribution >= 0.6 is 0 Å². The van der Waals surface area contributed by atoms with Gasteiger partial charge in [0.05, 0.1) is 10.9 Å². The van der Waals surface area contributed by atoms with Crippen molar-refractivity contribution in [1.82, 2.24) is 34.8 Å². The Hall–Kier alpha value is -4.75. The van der Waals surface area contributed by atoms with Crippen molar-refractivity contribution in [1.29, 1.82) is 0 Å². The summed E-state index contributed by atoms with van der Waals surface area (Å²) in [5, 5.41) is 17.7. The van der Waals surface area contributed by atoms with Gasteiger partial charge >= 0.3 is 17.4 Å². The summed E-state index contributed by atoms with van der Waals surface area (Å²) in [7, 11) is 1.58. The molecule has 3 aliphatic carbocycles.